The first-order chi connectivity index (χ1) is 8.43. The van der Waals surface area contributed by atoms with Gasteiger partial charge in [-0.25, -0.2) is 0 Å². The Bertz CT molecular complexity index is 368. The normalized spacial score (nSPS) is 14.1. The molecular weight excluding hydrogens is 218 g/mol. The van der Waals surface area contributed by atoms with E-state index in [0.717, 1.165) is 19.4 Å². The Morgan fingerprint density at radius 2 is 1.78 bits per heavy atom. The van der Waals surface area contributed by atoms with Crippen LogP contribution in [-0.2, 0) is 11.8 Å². The second-order valence-corrected chi connectivity index (χ2v) is 6.18. The van der Waals surface area contributed by atoms with E-state index in [-0.39, 0.29) is 5.41 Å². The maximum Gasteiger partial charge on any atom is 0.0382 e. The van der Waals surface area contributed by atoms with E-state index in [1.165, 1.54) is 11.1 Å². The molecule has 0 saturated carbocycles. The van der Waals surface area contributed by atoms with Crippen molar-refractivity contribution >= 4 is 6.21 Å². The Balaban J connectivity index is 2.58. The zero-order valence-corrected chi connectivity index (χ0v) is 12.5. The lowest BCUT2D eigenvalue weighted by Gasteiger charge is -2.19. The Hall–Kier alpha value is -1.11. The Labute approximate surface area is 112 Å². The van der Waals surface area contributed by atoms with Crippen molar-refractivity contribution in [2.24, 2.45) is 10.9 Å². The molecule has 1 heteroatoms. The van der Waals surface area contributed by atoms with E-state index in [1.54, 1.807) is 0 Å². The molecular formula is C17H27N. The monoisotopic (exact) mass is 245 g/mol. The summed E-state index contributed by atoms with van der Waals surface area (Å²) in [4.78, 5) is 4.42. The van der Waals surface area contributed by atoms with Gasteiger partial charge in [-0.1, -0.05) is 58.9 Å². The predicted molar refractivity (Wildman–Crippen MR) is 81.7 cm³/mol. The van der Waals surface area contributed by atoms with Crippen molar-refractivity contribution in [2.45, 2.75) is 52.9 Å². The number of benzene rings is 1. The van der Waals surface area contributed by atoms with Gasteiger partial charge in [0.2, 0.25) is 0 Å². The molecule has 1 aromatic rings. The summed E-state index contributed by atoms with van der Waals surface area (Å²) in [6.45, 7) is 12.1. The molecule has 1 aromatic carbocycles. The molecule has 0 radical (unpaired) electrons. The van der Waals surface area contributed by atoms with Gasteiger partial charge in [0, 0.05) is 12.8 Å². The molecule has 0 aliphatic rings. The quantitative estimate of drug-likeness (QED) is 0.670. The SMILES string of the molecule is CCCN=CC(C)Cc1ccc(C(C)(C)C)cc1. The van der Waals surface area contributed by atoms with Crippen LogP contribution in [0.2, 0.25) is 0 Å². The molecule has 0 spiro atoms. The fraction of sp³-hybridized carbons (Fsp3) is 0.588. The standard InChI is InChI=1S/C17H27N/c1-6-11-18-13-14(2)12-15-7-9-16(10-8-15)17(3,4)5/h7-10,13-14H,6,11-12H2,1-5H3. The minimum absolute atomic E-state index is 0.243. The maximum atomic E-state index is 4.42. The van der Waals surface area contributed by atoms with Gasteiger partial charge in [0.15, 0.2) is 0 Å². The van der Waals surface area contributed by atoms with Crippen molar-refractivity contribution in [1.82, 2.24) is 0 Å². The zero-order valence-electron chi connectivity index (χ0n) is 12.5. The van der Waals surface area contributed by atoms with Crippen LogP contribution in [-0.4, -0.2) is 12.8 Å². The second-order valence-electron chi connectivity index (χ2n) is 6.18. The maximum absolute atomic E-state index is 4.42. The molecule has 1 rings (SSSR count). The highest BCUT2D eigenvalue weighted by atomic mass is 14.7. The molecule has 0 aliphatic carbocycles. The van der Waals surface area contributed by atoms with Crippen LogP contribution in [0.25, 0.3) is 0 Å². The van der Waals surface area contributed by atoms with Crippen molar-refractivity contribution < 1.29 is 0 Å². The lowest BCUT2D eigenvalue weighted by Crippen LogP contribution is -2.11. The first-order valence-electron chi connectivity index (χ1n) is 7.03. The minimum Gasteiger partial charge on any atom is -0.297 e. The van der Waals surface area contributed by atoms with Gasteiger partial charge in [-0.3, -0.25) is 4.99 Å². The molecule has 18 heavy (non-hydrogen) atoms. The summed E-state index contributed by atoms with van der Waals surface area (Å²) in [6, 6.07) is 9.02. The van der Waals surface area contributed by atoms with Gasteiger partial charge in [0.1, 0.15) is 0 Å². The number of nitrogens with zero attached hydrogens (tertiary/aromatic N) is 1. The molecule has 1 unspecified atom stereocenters. The van der Waals surface area contributed by atoms with Crippen LogP contribution in [0.1, 0.15) is 52.2 Å². The van der Waals surface area contributed by atoms with Crippen molar-refractivity contribution in [3.63, 3.8) is 0 Å². The average molecular weight is 245 g/mol. The van der Waals surface area contributed by atoms with E-state index >= 15 is 0 Å². The number of hydrogen-bond acceptors (Lipinski definition) is 1. The van der Waals surface area contributed by atoms with Crippen molar-refractivity contribution in [3.05, 3.63) is 35.4 Å². The summed E-state index contributed by atoms with van der Waals surface area (Å²) >= 11 is 0. The highest BCUT2D eigenvalue weighted by molar-refractivity contribution is 5.60. The van der Waals surface area contributed by atoms with Crippen LogP contribution in [0.5, 0.6) is 0 Å². The third kappa shape index (κ3) is 5.03. The van der Waals surface area contributed by atoms with E-state index in [2.05, 4.69) is 70.1 Å². The summed E-state index contributed by atoms with van der Waals surface area (Å²) in [7, 11) is 0. The molecule has 1 atom stereocenters. The first kappa shape index (κ1) is 14.9. The van der Waals surface area contributed by atoms with Gasteiger partial charge >= 0.3 is 0 Å². The summed E-state index contributed by atoms with van der Waals surface area (Å²) < 4.78 is 0. The lowest BCUT2D eigenvalue weighted by molar-refractivity contribution is 0.589. The lowest BCUT2D eigenvalue weighted by atomic mass is 9.86. The van der Waals surface area contributed by atoms with Crippen LogP contribution in [0.4, 0.5) is 0 Å². The van der Waals surface area contributed by atoms with Gasteiger partial charge in [0.05, 0.1) is 0 Å². The number of rotatable bonds is 5. The van der Waals surface area contributed by atoms with Crippen molar-refractivity contribution in [1.29, 1.82) is 0 Å². The van der Waals surface area contributed by atoms with Gasteiger partial charge in [-0.2, -0.15) is 0 Å². The average Bonchev–Trinajstić information content (AvgIpc) is 2.29. The molecule has 0 N–H and O–H groups in total. The van der Waals surface area contributed by atoms with E-state index in [9.17, 15) is 0 Å². The van der Waals surface area contributed by atoms with Gasteiger partial charge in [-0.05, 0) is 35.3 Å². The van der Waals surface area contributed by atoms with Crippen LogP contribution in [0.3, 0.4) is 0 Å². The molecule has 0 aliphatic heterocycles. The van der Waals surface area contributed by atoms with Crippen molar-refractivity contribution in [2.75, 3.05) is 6.54 Å². The third-order valence-electron chi connectivity index (χ3n) is 3.09. The van der Waals surface area contributed by atoms with Crippen LogP contribution >= 0.6 is 0 Å². The molecule has 0 aromatic heterocycles. The summed E-state index contributed by atoms with van der Waals surface area (Å²) in [5.74, 6) is 0.525. The fourth-order valence-electron chi connectivity index (χ4n) is 1.95. The predicted octanol–water partition coefficient (Wildman–Crippen LogP) is 4.64. The zero-order chi connectivity index (χ0) is 13.6. The van der Waals surface area contributed by atoms with Crippen LogP contribution in [0.15, 0.2) is 29.3 Å². The van der Waals surface area contributed by atoms with Gasteiger partial charge in [0.25, 0.3) is 0 Å². The molecule has 0 saturated heterocycles. The minimum atomic E-state index is 0.243. The highest BCUT2D eigenvalue weighted by Crippen LogP contribution is 2.22. The largest absolute Gasteiger partial charge is 0.297 e. The van der Waals surface area contributed by atoms with Crippen LogP contribution < -0.4 is 0 Å². The van der Waals surface area contributed by atoms with E-state index < -0.39 is 0 Å². The number of hydrogen-bond donors (Lipinski definition) is 0. The fourth-order valence-corrected chi connectivity index (χ4v) is 1.95. The third-order valence-corrected chi connectivity index (χ3v) is 3.09. The van der Waals surface area contributed by atoms with Crippen molar-refractivity contribution in [3.8, 4) is 0 Å². The smallest absolute Gasteiger partial charge is 0.0382 e. The van der Waals surface area contributed by atoms with E-state index in [1.807, 2.05) is 0 Å². The Morgan fingerprint density at radius 1 is 1.17 bits per heavy atom. The van der Waals surface area contributed by atoms with E-state index in [4.69, 9.17) is 0 Å². The Morgan fingerprint density at radius 3 is 2.28 bits per heavy atom. The van der Waals surface area contributed by atoms with Gasteiger partial charge < -0.3 is 0 Å². The molecule has 0 bridgehead atoms. The van der Waals surface area contributed by atoms with E-state index in [0.29, 0.717) is 5.92 Å². The summed E-state index contributed by atoms with van der Waals surface area (Å²) in [5, 5.41) is 0. The Kier molecular flexibility index (Phi) is 5.58. The van der Waals surface area contributed by atoms with Crippen LogP contribution in [0, 0.1) is 5.92 Å². The summed E-state index contributed by atoms with van der Waals surface area (Å²) in [6.07, 6.45) is 4.31. The second kappa shape index (κ2) is 6.72. The first-order valence-corrected chi connectivity index (χ1v) is 7.03. The highest BCUT2D eigenvalue weighted by Gasteiger charge is 2.12. The van der Waals surface area contributed by atoms with Gasteiger partial charge in [-0.15, -0.1) is 0 Å². The molecule has 0 amide bonds. The number of aliphatic imine (C=N–C) groups is 1. The molecule has 0 fully saturated rings. The summed E-state index contributed by atoms with van der Waals surface area (Å²) in [5.41, 5.74) is 3.05. The topological polar surface area (TPSA) is 12.4 Å². The molecule has 0 heterocycles. The molecule has 100 valence electrons. The molecule has 1 nitrogen and oxygen atoms in total.